The van der Waals surface area contributed by atoms with E-state index in [9.17, 15) is 4.39 Å². The van der Waals surface area contributed by atoms with Crippen LogP contribution >= 0.6 is 12.4 Å². The van der Waals surface area contributed by atoms with Gasteiger partial charge in [0.15, 0.2) is 11.6 Å². The highest BCUT2D eigenvalue weighted by Gasteiger charge is 2.01. The fourth-order valence-electron chi connectivity index (χ4n) is 1.03. The number of rotatable bonds is 3. The van der Waals surface area contributed by atoms with Crippen LogP contribution in [0.25, 0.3) is 0 Å². The number of benzene rings is 1. The molecule has 0 atom stereocenters. The molecule has 0 aliphatic heterocycles. The molecule has 0 aromatic heterocycles. The second-order valence-corrected chi connectivity index (χ2v) is 2.51. The lowest BCUT2D eigenvalue weighted by atomic mass is 10.1. The highest BCUT2D eigenvalue weighted by Crippen LogP contribution is 2.17. The Morgan fingerprint density at radius 3 is 2.69 bits per heavy atom. The summed E-state index contributed by atoms with van der Waals surface area (Å²) in [5.74, 6) is -0.0563. The lowest BCUT2D eigenvalue weighted by Gasteiger charge is -2.03. The molecule has 0 saturated carbocycles. The summed E-state index contributed by atoms with van der Waals surface area (Å²) in [4.78, 5) is 0. The molecule has 0 bridgehead atoms. The van der Waals surface area contributed by atoms with E-state index < -0.39 is 0 Å². The number of nitrogens with two attached hydrogens (primary N) is 1. The summed E-state index contributed by atoms with van der Waals surface area (Å²) in [5.41, 5.74) is 6.35. The topological polar surface area (TPSA) is 35.2 Å². The molecule has 1 aromatic carbocycles. The maximum absolute atomic E-state index is 12.9. The number of halogens is 2. The fraction of sp³-hybridized carbons (Fsp3) is 0.333. The van der Waals surface area contributed by atoms with Gasteiger partial charge in [-0.25, -0.2) is 4.39 Å². The third-order valence-electron chi connectivity index (χ3n) is 1.65. The van der Waals surface area contributed by atoms with Gasteiger partial charge in [-0.1, -0.05) is 6.07 Å². The highest BCUT2D eigenvalue weighted by atomic mass is 35.5. The number of ether oxygens (including phenoxy) is 1. The van der Waals surface area contributed by atoms with Crippen molar-refractivity contribution in [3.63, 3.8) is 0 Å². The zero-order valence-electron chi connectivity index (χ0n) is 7.42. The first-order valence-electron chi connectivity index (χ1n) is 3.80. The molecule has 0 saturated heterocycles. The van der Waals surface area contributed by atoms with Gasteiger partial charge in [-0.3, -0.25) is 0 Å². The first-order valence-corrected chi connectivity index (χ1v) is 3.80. The lowest BCUT2D eigenvalue weighted by Crippen LogP contribution is -2.03. The molecule has 0 spiro atoms. The van der Waals surface area contributed by atoms with Crippen molar-refractivity contribution in [2.24, 2.45) is 5.73 Å². The normalized spacial score (nSPS) is 9.15. The summed E-state index contributed by atoms with van der Waals surface area (Å²) >= 11 is 0. The van der Waals surface area contributed by atoms with Gasteiger partial charge >= 0.3 is 0 Å². The number of hydrogen-bond donors (Lipinski definition) is 1. The quantitative estimate of drug-likeness (QED) is 0.816. The van der Waals surface area contributed by atoms with Crippen LogP contribution in [-0.2, 0) is 6.42 Å². The molecule has 4 heteroatoms. The second-order valence-electron chi connectivity index (χ2n) is 2.51. The third kappa shape index (κ3) is 3.20. The van der Waals surface area contributed by atoms with E-state index in [4.69, 9.17) is 10.5 Å². The van der Waals surface area contributed by atoms with Crippen molar-refractivity contribution in [1.82, 2.24) is 0 Å². The van der Waals surface area contributed by atoms with Crippen LogP contribution in [-0.4, -0.2) is 13.7 Å². The van der Waals surface area contributed by atoms with E-state index in [-0.39, 0.29) is 24.0 Å². The third-order valence-corrected chi connectivity index (χ3v) is 1.65. The molecule has 0 radical (unpaired) electrons. The van der Waals surface area contributed by atoms with Crippen molar-refractivity contribution in [2.45, 2.75) is 6.42 Å². The number of hydrogen-bond acceptors (Lipinski definition) is 2. The highest BCUT2D eigenvalue weighted by molar-refractivity contribution is 5.85. The van der Waals surface area contributed by atoms with Crippen LogP contribution in [0.15, 0.2) is 18.2 Å². The molecule has 1 aromatic rings. The predicted octanol–water partition coefficient (Wildman–Crippen LogP) is 1.76. The Labute approximate surface area is 83.3 Å². The maximum atomic E-state index is 12.9. The molecule has 1 rings (SSSR count). The Hall–Kier alpha value is -0.800. The summed E-state index contributed by atoms with van der Waals surface area (Å²) in [6.07, 6.45) is 0.747. The molecular weight excluding hydrogens is 193 g/mol. The molecule has 74 valence electrons. The van der Waals surface area contributed by atoms with Crippen molar-refractivity contribution >= 4 is 12.4 Å². The molecule has 0 aliphatic carbocycles. The van der Waals surface area contributed by atoms with E-state index in [0.717, 1.165) is 12.0 Å². The summed E-state index contributed by atoms with van der Waals surface area (Å²) in [6, 6.07) is 4.77. The largest absolute Gasteiger partial charge is 0.494 e. The number of methoxy groups -OCH3 is 1. The van der Waals surface area contributed by atoms with Crippen molar-refractivity contribution in [3.8, 4) is 5.75 Å². The standard InChI is InChI=1S/C9H12FNO.ClH/c1-12-9-6-7(4-5-11)2-3-8(9)10;/h2-3,6H,4-5,11H2,1H3;1H. The van der Waals surface area contributed by atoms with Crippen LogP contribution in [0.5, 0.6) is 5.75 Å². The molecule has 0 fully saturated rings. The SMILES string of the molecule is COc1cc(CCN)ccc1F.Cl. The minimum absolute atomic E-state index is 0. The predicted molar refractivity (Wildman–Crippen MR) is 53.0 cm³/mol. The Morgan fingerprint density at radius 1 is 1.46 bits per heavy atom. The van der Waals surface area contributed by atoms with Crippen LogP contribution < -0.4 is 10.5 Å². The smallest absolute Gasteiger partial charge is 0.165 e. The van der Waals surface area contributed by atoms with E-state index in [1.165, 1.54) is 13.2 Å². The van der Waals surface area contributed by atoms with Crippen LogP contribution in [0.3, 0.4) is 0 Å². The zero-order valence-corrected chi connectivity index (χ0v) is 8.23. The molecule has 2 nitrogen and oxygen atoms in total. The molecular formula is C9H13ClFNO. The molecule has 2 N–H and O–H groups in total. The van der Waals surface area contributed by atoms with Crippen LogP contribution in [0, 0.1) is 5.82 Å². The van der Waals surface area contributed by atoms with Gasteiger partial charge in [-0.15, -0.1) is 12.4 Å². The van der Waals surface area contributed by atoms with Crippen LogP contribution in [0.2, 0.25) is 0 Å². The van der Waals surface area contributed by atoms with Crippen LogP contribution in [0.4, 0.5) is 4.39 Å². The molecule has 0 aliphatic rings. The van der Waals surface area contributed by atoms with Gasteiger partial charge in [0.25, 0.3) is 0 Å². The monoisotopic (exact) mass is 205 g/mol. The van der Waals surface area contributed by atoms with E-state index in [2.05, 4.69) is 0 Å². The van der Waals surface area contributed by atoms with E-state index >= 15 is 0 Å². The van der Waals surface area contributed by atoms with Crippen molar-refractivity contribution in [3.05, 3.63) is 29.6 Å². The van der Waals surface area contributed by atoms with E-state index in [1.54, 1.807) is 12.1 Å². The van der Waals surface area contributed by atoms with Gasteiger partial charge < -0.3 is 10.5 Å². The molecule has 13 heavy (non-hydrogen) atoms. The van der Waals surface area contributed by atoms with Gasteiger partial charge in [0.05, 0.1) is 7.11 Å². The Kier molecular flexibility index (Phi) is 5.42. The Morgan fingerprint density at radius 2 is 2.15 bits per heavy atom. The van der Waals surface area contributed by atoms with E-state index in [1.807, 2.05) is 0 Å². The van der Waals surface area contributed by atoms with Gasteiger partial charge in [0.1, 0.15) is 0 Å². The summed E-state index contributed by atoms with van der Waals surface area (Å²) in [6.45, 7) is 0.564. The fourth-order valence-corrected chi connectivity index (χ4v) is 1.03. The molecule has 0 heterocycles. The summed E-state index contributed by atoms with van der Waals surface area (Å²) in [5, 5.41) is 0. The minimum Gasteiger partial charge on any atom is -0.494 e. The minimum atomic E-state index is -0.335. The average Bonchev–Trinajstić information content (AvgIpc) is 2.09. The van der Waals surface area contributed by atoms with Crippen LogP contribution in [0.1, 0.15) is 5.56 Å². The lowest BCUT2D eigenvalue weighted by molar-refractivity contribution is 0.386. The maximum Gasteiger partial charge on any atom is 0.165 e. The van der Waals surface area contributed by atoms with Gasteiger partial charge in [0.2, 0.25) is 0 Å². The van der Waals surface area contributed by atoms with Crippen molar-refractivity contribution in [2.75, 3.05) is 13.7 Å². The molecule has 0 amide bonds. The first kappa shape index (κ1) is 12.2. The zero-order chi connectivity index (χ0) is 8.97. The first-order chi connectivity index (χ1) is 5.77. The van der Waals surface area contributed by atoms with Crippen molar-refractivity contribution in [1.29, 1.82) is 0 Å². The molecule has 0 unspecified atom stereocenters. The van der Waals surface area contributed by atoms with Crippen molar-refractivity contribution < 1.29 is 9.13 Å². The van der Waals surface area contributed by atoms with Gasteiger partial charge in [0, 0.05) is 0 Å². The van der Waals surface area contributed by atoms with Gasteiger partial charge in [-0.2, -0.15) is 0 Å². The Bertz CT molecular complexity index is 268. The summed E-state index contributed by atoms with van der Waals surface area (Å²) < 4.78 is 17.7. The Balaban J connectivity index is 0.00000144. The van der Waals surface area contributed by atoms with Gasteiger partial charge in [-0.05, 0) is 30.7 Å². The summed E-state index contributed by atoms with van der Waals surface area (Å²) in [7, 11) is 1.45. The average molecular weight is 206 g/mol. The second kappa shape index (κ2) is 5.78. The van der Waals surface area contributed by atoms with E-state index in [0.29, 0.717) is 6.54 Å².